The van der Waals surface area contributed by atoms with E-state index in [9.17, 15) is 0 Å². The maximum Gasteiger partial charge on any atom is 0.0931 e. The van der Waals surface area contributed by atoms with E-state index in [-0.39, 0.29) is 0 Å². The highest BCUT2D eigenvalue weighted by Gasteiger charge is 2.43. The zero-order chi connectivity index (χ0) is 10.8. The van der Waals surface area contributed by atoms with Crippen LogP contribution in [0.15, 0.2) is 18.5 Å². The monoisotopic (exact) mass is 213 g/mol. The van der Waals surface area contributed by atoms with Crippen LogP contribution in [0.1, 0.15) is 30.4 Å². The fraction of sp³-hybridized carbons (Fsp3) is 0.462. The lowest BCUT2D eigenvalue weighted by Crippen LogP contribution is -2.39. The molecule has 0 radical (unpaired) electrons. The molecule has 2 aromatic rings. The van der Waals surface area contributed by atoms with E-state index in [0.29, 0.717) is 11.3 Å². The van der Waals surface area contributed by atoms with E-state index in [4.69, 9.17) is 0 Å². The Balaban J connectivity index is 2.05. The lowest BCUT2D eigenvalue weighted by Gasteiger charge is -2.30. The molecular weight excluding hydrogens is 198 g/mol. The van der Waals surface area contributed by atoms with Crippen LogP contribution in [-0.2, 0) is 5.41 Å². The van der Waals surface area contributed by atoms with E-state index in [1.807, 2.05) is 0 Å². The molecule has 1 aliphatic carbocycles. The quantitative estimate of drug-likeness (QED) is 0.702. The first-order valence-electron chi connectivity index (χ1n) is 5.94. The number of piperidine rings is 1. The molecule has 1 saturated heterocycles. The summed E-state index contributed by atoms with van der Waals surface area (Å²) >= 11 is 0. The second kappa shape index (κ2) is 2.66. The molecule has 2 heterocycles. The number of fused-ring (bicyclic) bond motifs is 6. The topological polar surface area (TPSA) is 40.7 Å². The van der Waals surface area contributed by atoms with E-state index in [1.54, 1.807) is 6.33 Å². The van der Waals surface area contributed by atoms with Gasteiger partial charge in [-0.05, 0) is 35.6 Å². The zero-order valence-electron chi connectivity index (χ0n) is 9.38. The molecule has 3 nitrogen and oxygen atoms in total. The predicted octanol–water partition coefficient (Wildman–Crippen LogP) is 1.91. The third-order valence-corrected chi connectivity index (χ3v) is 4.28. The van der Waals surface area contributed by atoms with E-state index in [1.165, 1.54) is 23.1 Å². The number of hydrogen-bond acceptors (Lipinski definition) is 2. The lowest BCUT2D eigenvalue weighted by molar-refractivity contribution is 0.346. The van der Waals surface area contributed by atoms with Gasteiger partial charge in [-0.25, -0.2) is 4.98 Å². The zero-order valence-corrected chi connectivity index (χ0v) is 9.38. The molecule has 2 bridgehead atoms. The number of imidazole rings is 1. The first kappa shape index (κ1) is 8.76. The van der Waals surface area contributed by atoms with Crippen LogP contribution in [0.25, 0.3) is 11.0 Å². The predicted molar refractivity (Wildman–Crippen MR) is 63.7 cm³/mol. The molecule has 16 heavy (non-hydrogen) atoms. The number of nitrogens with zero attached hydrogens (tertiary/aromatic N) is 1. The molecule has 1 aliphatic heterocycles. The minimum Gasteiger partial charge on any atom is -0.345 e. The molecule has 2 unspecified atom stereocenters. The average molecular weight is 213 g/mol. The van der Waals surface area contributed by atoms with Crippen molar-refractivity contribution in [1.29, 1.82) is 0 Å². The SMILES string of the molecule is CC12CNCC(C1)c1cc3[nH]cnc3cc12. The molecular formula is C13H15N3. The Labute approximate surface area is 94.3 Å². The Hall–Kier alpha value is -1.35. The third kappa shape index (κ3) is 0.944. The van der Waals surface area contributed by atoms with Gasteiger partial charge >= 0.3 is 0 Å². The van der Waals surface area contributed by atoms with Crippen molar-refractivity contribution in [3.05, 3.63) is 29.6 Å². The molecule has 3 heteroatoms. The second-order valence-corrected chi connectivity index (χ2v) is 5.45. The van der Waals surface area contributed by atoms with E-state index < -0.39 is 0 Å². The van der Waals surface area contributed by atoms with Crippen molar-refractivity contribution in [2.75, 3.05) is 13.1 Å². The van der Waals surface area contributed by atoms with Gasteiger partial charge in [0, 0.05) is 18.5 Å². The van der Waals surface area contributed by atoms with Crippen molar-refractivity contribution in [3.63, 3.8) is 0 Å². The Bertz CT molecular complexity index is 572. The summed E-state index contributed by atoms with van der Waals surface area (Å²) < 4.78 is 0. The number of nitrogens with one attached hydrogen (secondary N) is 2. The van der Waals surface area contributed by atoms with Crippen LogP contribution < -0.4 is 5.32 Å². The molecule has 1 aromatic carbocycles. The van der Waals surface area contributed by atoms with Gasteiger partial charge in [0.15, 0.2) is 0 Å². The molecule has 2 N–H and O–H groups in total. The molecule has 1 fully saturated rings. The summed E-state index contributed by atoms with van der Waals surface area (Å²) in [6, 6.07) is 4.59. The molecule has 2 aliphatic rings. The van der Waals surface area contributed by atoms with Crippen LogP contribution >= 0.6 is 0 Å². The molecule has 4 rings (SSSR count). The van der Waals surface area contributed by atoms with Crippen molar-refractivity contribution in [2.45, 2.75) is 24.7 Å². The number of rotatable bonds is 0. The Kier molecular flexibility index (Phi) is 1.46. The molecule has 0 spiro atoms. The van der Waals surface area contributed by atoms with Gasteiger partial charge in [-0.15, -0.1) is 0 Å². The van der Waals surface area contributed by atoms with Gasteiger partial charge in [-0.1, -0.05) is 6.92 Å². The van der Waals surface area contributed by atoms with Crippen molar-refractivity contribution in [3.8, 4) is 0 Å². The highest BCUT2D eigenvalue weighted by molar-refractivity contribution is 5.78. The first-order chi connectivity index (χ1) is 7.76. The molecule has 0 saturated carbocycles. The minimum atomic E-state index is 0.325. The van der Waals surface area contributed by atoms with Gasteiger partial charge < -0.3 is 10.3 Å². The van der Waals surface area contributed by atoms with Crippen LogP contribution in [0.2, 0.25) is 0 Å². The largest absolute Gasteiger partial charge is 0.345 e. The van der Waals surface area contributed by atoms with Crippen LogP contribution in [0.5, 0.6) is 0 Å². The van der Waals surface area contributed by atoms with Crippen LogP contribution in [-0.4, -0.2) is 23.1 Å². The van der Waals surface area contributed by atoms with E-state index >= 15 is 0 Å². The minimum absolute atomic E-state index is 0.325. The fourth-order valence-corrected chi connectivity index (χ4v) is 3.49. The molecule has 2 atom stereocenters. The highest BCUT2D eigenvalue weighted by atomic mass is 14.9. The summed E-state index contributed by atoms with van der Waals surface area (Å²) in [6.07, 6.45) is 3.08. The number of H-pyrrole nitrogens is 1. The van der Waals surface area contributed by atoms with Gasteiger partial charge in [-0.2, -0.15) is 0 Å². The summed E-state index contributed by atoms with van der Waals surface area (Å²) in [4.78, 5) is 7.58. The fourth-order valence-electron chi connectivity index (χ4n) is 3.49. The molecule has 1 aromatic heterocycles. The summed E-state index contributed by atoms with van der Waals surface area (Å²) in [5, 5.41) is 3.55. The molecule has 82 valence electrons. The van der Waals surface area contributed by atoms with E-state index in [0.717, 1.165) is 18.6 Å². The van der Waals surface area contributed by atoms with Crippen molar-refractivity contribution in [2.24, 2.45) is 0 Å². The van der Waals surface area contributed by atoms with E-state index in [2.05, 4.69) is 34.3 Å². The summed E-state index contributed by atoms with van der Waals surface area (Å²) in [5.41, 5.74) is 5.65. The highest BCUT2D eigenvalue weighted by Crippen LogP contribution is 2.48. The number of aromatic nitrogens is 2. The third-order valence-electron chi connectivity index (χ3n) is 4.28. The van der Waals surface area contributed by atoms with Gasteiger partial charge in [-0.3, -0.25) is 0 Å². The average Bonchev–Trinajstić information content (AvgIpc) is 2.80. The van der Waals surface area contributed by atoms with Crippen LogP contribution in [0.4, 0.5) is 0 Å². The Morgan fingerprint density at radius 3 is 3.31 bits per heavy atom. The summed E-state index contributed by atoms with van der Waals surface area (Å²) in [7, 11) is 0. The van der Waals surface area contributed by atoms with Gasteiger partial charge in [0.05, 0.1) is 17.4 Å². The summed E-state index contributed by atoms with van der Waals surface area (Å²) in [5.74, 6) is 0.696. The number of benzene rings is 1. The van der Waals surface area contributed by atoms with Gasteiger partial charge in [0.1, 0.15) is 0 Å². The Morgan fingerprint density at radius 1 is 1.44 bits per heavy atom. The second-order valence-electron chi connectivity index (χ2n) is 5.45. The smallest absolute Gasteiger partial charge is 0.0931 e. The van der Waals surface area contributed by atoms with Crippen molar-refractivity contribution >= 4 is 11.0 Å². The molecule has 0 amide bonds. The normalized spacial score (nSPS) is 31.9. The van der Waals surface area contributed by atoms with Crippen molar-refractivity contribution in [1.82, 2.24) is 15.3 Å². The Morgan fingerprint density at radius 2 is 2.38 bits per heavy atom. The van der Waals surface area contributed by atoms with Crippen molar-refractivity contribution < 1.29 is 0 Å². The maximum atomic E-state index is 4.37. The lowest BCUT2D eigenvalue weighted by atomic mass is 9.81. The van der Waals surface area contributed by atoms with Gasteiger partial charge in [0.25, 0.3) is 0 Å². The number of hydrogen-bond donors (Lipinski definition) is 2. The summed E-state index contributed by atoms with van der Waals surface area (Å²) in [6.45, 7) is 4.60. The first-order valence-corrected chi connectivity index (χ1v) is 5.94. The standard InChI is InChI=1S/C13H15N3/c1-13-4-8(5-14-6-13)9-2-11-12(3-10(9)13)16-7-15-11/h2-3,7-8,14H,4-6H2,1H3,(H,15,16). The maximum absolute atomic E-state index is 4.37. The van der Waals surface area contributed by atoms with Gasteiger partial charge in [0.2, 0.25) is 0 Å². The number of aromatic amines is 1. The van der Waals surface area contributed by atoms with Crippen LogP contribution in [0, 0.1) is 0 Å². The van der Waals surface area contributed by atoms with Crippen LogP contribution in [0.3, 0.4) is 0 Å².